The first kappa shape index (κ1) is 22.6. The van der Waals surface area contributed by atoms with Crippen molar-refractivity contribution in [3.8, 4) is 22.8 Å². The molecule has 3 heterocycles. The highest BCUT2D eigenvalue weighted by Gasteiger charge is 2.38. The van der Waals surface area contributed by atoms with Crippen LogP contribution < -0.4 is 10.2 Å². The third-order valence-corrected chi connectivity index (χ3v) is 7.61. The quantitative estimate of drug-likeness (QED) is 0.281. The molecule has 8 nitrogen and oxygen atoms in total. The predicted molar refractivity (Wildman–Crippen MR) is 142 cm³/mol. The average molecular weight is 521 g/mol. The molecule has 1 N–H and O–H groups in total. The maximum Gasteiger partial charge on any atom is 0.291 e. The monoisotopic (exact) mass is 520 g/mol. The first-order valence-electron chi connectivity index (χ1n) is 12.2. The molecule has 7 rings (SSSR count). The van der Waals surface area contributed by atoms with Crippen molar-refractivity contribution in [2.45, 2.75) is 28.7 Å². The van der Waals surface area contributed by atoms with Gasteiger partial charge in [-0.25, -0.2) is 0 Å². The van der Waals surface area contributed by atoms with Gasteiger partial charge >= 0.3 is 0 Å². The summed E-state index contributed by atoms with van der Waals surface area (Å²) >= 11 is 1.58. The van der Waals surface area contributed by atoms with Crippen molar-refractivity contribution in [3.63, 3.8) is 0 Å². The van der Waals surface area contributed by atoms with Gasteiger partial charge in [-0.15, -0.1) is 0 Å². The van der Waals surface area contributed by atoms with E-state index in [9.17, 15) is 9.59 Å². The Bertz CT molecular complexity index is 1690. The van der Waals surface area contributed by atoms with E-state index >= 15 is 0 Å². The van der Waals surface area contributed by atoms with E-state index < -0.39 is 0 Å². The Morgan fingerprint density at radius 1 is 0.947 bits per heavy atom. The number of hydrogen-bond acceptors (Lipinski definition) is 7. The van der Waals surface area contributed by atoms with E-state index in [1.54, 1.807) is 42.1 Å². The van der Waals surface area contributed by atoms with Crippen LogP contribution in [0.5, 0.6) is 0 Å². The number of nitrogens with one attached hydrogen (secondary N) is 1. The summed E-state index contributed by atoms with van der Waals surface area (Å²) in [6, 6.07) is 24.3. The molecule has 0 saturated heterocycles. The van der Waals surface area contributed by atoms with Gasteiger partial charge in [0, 0.05) is 32.6 Å². The summed E-state index contributed by atoms with van der Waals surface area (Å²) in [6.45, 7) is 0. The van der Waals surface area contributed by atoms with Crippen LogP contribution in [0.3, 0.4) is 0 Å². The van der Waals surface area contributed by atoms with Gasteiger partial charge < -0.3 is 19.2 Å². The molecule has 0 spiro atoms. The van der Waals surface area contributed by atoms with Gasteiger partial charge in [0.2, 0.25) is 5.82 Å². The van der Waals surface area contributed by atoms with Crippen LogP contribution in [-0.4, -0.2) is 28.0 Å². The van der Waals surface area contributed by atoms with E-state index in [-0.39, 0.29) is 23.6 Å². The molecule has 1 saturated carbocycles. The van der Waals surface area contributed by atoms with Crippen LogP contribution in [0.1, 0.15) is 33.8 Å². The maximum absolute atomic E-state index is 13.4. The van der Waals surface area contributed by atoms with Gasteiger partial charge in [0.25, 0.3) is 17.7 Å². The van der Waals surface area contributed by atoms with Crippen LogP contribution in [0.15, 0.2) is 104 Å². The number of aromatic nitrogens is 2. The van der Waals surface area contributed by atoms with Gasteiger partial charge in [0.15, 0.2) is 5.76 Å². The van der Waals surface area contributed by atoms with Crippen molar-refractivity contribution in [1.29, 1.82) is 0 Å². The molecular weight excluding hydrogens is 500 g/mol. The third kappa shape index (κ3) is 4.06. The second-order valence-corrected chi connectivity index (χ2v) is 10.2. The number of furan rings is 1. The van der Waals surface area contributed by atoms with E-state index in [0.29, 0.717) is 23.0 Å². The number of amides is 2. The molecule has 2 amide bonds. The molecule has 0 unspecified atom stereocenters. The highest BCUT2D eigenvalue weighted by molar-refractivity contribution is 7.99. The molecule has 0 bridgehead atoms. The molecule has 5 aromatic rings. The summed E-state index contributed by atoms with van der Waals surface area (Å²) in [7, 11) is 0. The fourth-order valence-corrected chi connectivity index (χ4v) is 5.61. The smallest absolute Gasteiger partial charge is 0.291 e. The second-order valence-electron chi connectivity index (χ2n) is 9.12. The normalized spacial score (nSPS) is 14.5. The standard InChI is InChI=1S/C29H20N4O4S/c34-27(23-8-4-14-36-23)30-19-6-3-5-18(15-19)28-31-26(32-37-28)17-10-13-22-25(16-17)38-24-9-2-1-7-21(24)29(35)33(22)20-11-12-20/h1-10,13-16,20H,11-12H2,(H,30,34). The van der Waals surface area contributed by atoms with E-state index in [2.05, 4.69) is 15.5 Å². The lowest BCUT2D eigenvalue weighted by Gasteiger charge is -2.22. The molecule has 0 atom stereocenters. The largest absolute Gasteiger partial charge is 0.459 e. The molecule has 1 aliphatic carbocycles. The van der Waals surface area contributed by atoms with Crippen molar-refractivity contribution in [2.75, 3.05) is 10.2 Å². The maximum atomic E-state index is 13.4. The second kappa shape index (κ2) is 9.04. The number of carbonyl (C=O) groups is 2. The number of carbonyl (C=O) groups excluding carboxylic acids is 2. The van der Waals surface area contributed by atoms with Crippen molar-refractivity contribution < 1.29 is 18.5 Å². The highest BCUT2D eigenvalue weighted by atomic mass is 32.2. The topological polar surface area (TPSA) is 101 Å². The van der Waals surface area contributed by atoms with Gasteiger partial charge in [-0.1, -0.05) is 35.1 Å². The summed E-state index contributed by atoms with van der Waals surface area (Å²) in [5.41, 5.74) is 3.67. The molecule has 0 radical (unpaired) electrons. The first-order chi connectivity index (χ1) is 18.6. The first-order valence-corrected chi connectivity index (χ1v) is 13.0. The summed E-state index contributed by atoms with van der Waals surface area (Å²) < 4.78 is 10.7. The molecule has 1 aliphatic heterocycles. The fourth-order valence-electron chi connectivity index (χ4n) is 4.51. The zero-order chi connectivity index (χ0) is 25.6. The number of anilines is 2. The van der Waals surface area contributed by atoms with Gasteiger partial charge in [0.05, 0.1) is 17.5 Å². The highest BCUT2D eigenvalue weighted by Crippen LogP contribution is 2.46. The molecule has 9 heteroatoms. The lowest BCUT2D eigenvalue weighted by Crippen LogP contribution is -2.32. The van der Waals surface area contributed by atoms with Crippen LogP contribution >= 0.6 is 11.8 Å². The minimum absolute atomic E-state index is 0.0444. The zero-order valence-electron chi connectivity index (χ0n) is 20.0. The van der Waals surface area contributed by atoms with Gasteiger partial charge in [-0.05, 0) is 73.5 Å². The number of fused-ring (bicyclic) bond motifs is 2. The summed E-state index contributed by atoms with van der Waals surface area (Å²) in [5.74, 6) is 0.692. The Balaban J connectivity index is 1.19. The molecule has 2 aliphatic rings. The average Bonchev–Trinajstić information content (AvgIpc) is 3.41. The zero-order valence-corrected chi connectivity index (χ0v) is 20.8. The van der Waals surface area contributed by atoms with Crippen LogP contribution in [0.25, 0.3) is 22.8 Å². The summed E-state index contributed by atoms with van der Waals surface area (Å²) in [5, 5.41) is 7.02. The fraction of sp³-hybridized carbons (Fsp3) is 0.103. The van der Waals surface area contributed by atoms with Crippen molar-refractivity contribution in [2.24, 2.45) is 0 Å². The SMILES string of the molecule is O=C(Nc1cccc(-c2nc(-c3ccc4c(c3)Sc3ccccc3C(=O)N4C3CC3)no2)c1)c1ccco1. The number of rotatable bonds is 5. The minimum Gasteiger partial charge on any atom is -0.459 e. The minimum atomic E-state index is -0.346. The Labute approximate surface area is 221 Å². The van der Waals surface area contributed by atoms with E-state index in [0.717, 1.165) is 39.4 Å². The number of hydrogen-bond donors (Lipinski definition) is 1. The molecule has 1 fully saturated rings. The molecule has 186 valence electrons. The van der Waals surface area contributed by atoms with E-state index in [1.165, 1.54) is 6.26 Å². The Morgan fingerprint density at radius 3 is 2.68 bits per heavy atom. The lowest BCUT2D eigenvalue weighted by molar-refractivity contribution is 0.0979. The molecular formula is C29H20N4O4S. The van der Waals surface area contributed by atoms with Crippen LogP contribution in [-0.2, 0) is 0 Å². The van der Waals surface area contributed by atoms with E-state index in [4.69, 9.17) is 8.94 Å². The van der Waals surface area contributed by atoms with Crippen molar-refractivity contribution in [1.82, 2.24) is 10.1 Å². The van der Waals surface area contributed by atoms with Gasteiger partial charge in [0.1, 0.15) is 0 Å². The van der Waals surface area contributed by atoms with E-state index in [1.807, 2.05) is 53.4 Å². The summed E-state index contributed by atoms with van der Waals surface area (Å²) in [6.07, 6.45) is 3.47. The van der Waals surface area contributed by atoms with Crippen LogP contribution in [0.2, 0.25) is 0 Å². The number of benzene rings is 3. The lowest BCUT2D eigenvalue weighted by atomic mass is 10.1. The molecule has 2 aromatic heterocycles. The van der Waals surface area contributed by atoms with Crippen LogP contribution in [0, 0.1) is 0 Å². The summed E-state index contributed by atoms with van der Waals surface area (Å²) in [4.78, 5) is 34.2. The Kier molecular flexibility index (Phi) is 5.36. The Morgan fingerprint density at radius 2 is 1.84 bits per heavy atom. The van der Waals surface area contributed by atoms with Crippen LogP contribution in [0.4, 0.5) is 11.4 Å². The molecule has 3 aromatic carbocycles. The third-order valence-electron chi connectivity index (χ3n) is 6.48. The Hall–Kier alpha value is -4.63. The van der Waals surface area contributed by atoms with Gasteiger partial charge in [-0.3, -0.25) is 9.59 Å². The van der Waals surface area contributed by atoms with Crippen molar-refractivity contribution >= 4 is 35.0 Å². The van der Waals surface area contributed by atoms with Gasteiger partial charge in [-0.2, -0.15) is 4.98 Å². The predicted octanol–water partition coefficient (Wildman–Crippen LogP) is 6.52. The number of nitrogens with zero attached hydrogens (tertiary/aromatic N) is 3. The van der Waals surface area contributed by atoms with Crippen molar-refractivity contribution in [3.05, 3.63) is 96.4 Å². The molecule has 38 heavy (non-hydrogen) atoms.